The highest BCUT2D eigenvalue weighted by molar-refractivity contribution is 6.04. The summed E-state index contributed by atoms with van der Waals surface area (Å²) in [5.74, 6) is -0.816. The predicted molar refractivity (Wildman–Crippen MR) is 110 cm³/mol. The molecule has 2 aromatic carbocycles. The molecule has 0 aliphatic carbocycles. The second kappa shape index (κ2) is 8.25. The third-order valence-electron chi connectivity index (χ3n) is 4.91. The monoisotopic (exact) mass is 379 g/mol. The zero-order valence-corrected chi connectivity index (χ0v) is 16.4. The molecule has 2 aromatic rings. The van der Waals surface area contributed by atoms with Crippen molar-refractivity contribution in [2.45, 2.75) is 33.6 Å². The summed E-state index contributed by atoms with van der Waals surface area (Å²) in [4.78, 5) is 38.2. The van der Waals surface area contributed by atoms with Crippen LogP contribution in [0.5, 0.6) is 0 Å². The normalized spacial score (nSPS) is 16.2. The minimum Gasteiger partial charge on any atom is -0.326 e. The van der Waals surface area contributed by atoms with Crippen LogP contribution in [0.2, 0.25) is 0 Å². The van der Waals surface area contributed by atoms with E-state index in [9.17, 15) is 14.4 Å². The van der Waals surface area contributed by atoms with Crippen molar-refractivity contribution in [3.05, 3.63) is 53.6 Å². The third-order valence-corrected chi connectivity index (χ3v) is 4.91. The lowest BCUT2D eigenvalue weighted by Crippen LogP contribution is -2.28. The lowest BCUT2D eigenvalue weighted by atomic mass is 10.1. The Hall–Kier alpha value is -3.15. The van der Waals surface area contributed by atoms with Crippen molar-refractivity contribution < 1.29 is 14.4 Å². The molecule has 0 bridgehead atoms. The van der Waals surface area contributed by atoms with Crippen LogP contribution in [-0.4, -0.2) is 24.3 Å². The van der Waals surface area contributed by atoms with Gasteiger partial charge in [0.25, 0.3) is 0 Å². The van der Waals surface area contributed by atoms with Crippen LogP contribution in [0, 0.1) is 12.8 Å². The summed E-state index contributed by atoms with van der Waals surface area (Å²) in [5, 5.41) is 5.68. The number of aryl methyl sites for hydroxylation is 2. The van der Waals surface area contributed by atoms with E-state index in [4.69, 9.17) is 0 Å². The molecule has 6 heteroatoms. The molecule has 146 valence electrons. The minimum atomic E-state index is -0.414. The first-order valence-electron chi connectivity index (χ1n) is 9.45. The SMILES string of the molecule is CCc1ccc(NC(C)=O)cc1NC(=O)C1CC(=O)N(c2ccc(C)cc2)C1. The van der Waals surface area contributed by atoms with Gasteiger partial charge in [0, 0.05) is 37.0 Å². The van der Waals surface area contributed by atoms with E-state index in [0.717, 1.165) is 23.2 Å². The van der Waals surface area contributed by atoms with Crippen LogP contribution in [0.4, 0.5) is 17.1 Å². The van der Waals surface area contributed by atoms with E-state index in [1.807, 2.05) is 50.2 Å². The van der Waals surface area contributed by atoms with Gasteiger partial charge in [-0.05, 0) is 43.2 Å². The predicted octanol–water partition coefficient (Wildman–Crippen LogP) is 3.51. The van der Waals surface area contributed by atoms with E-state index in [-0.39, 0.29) is 24.1 Å². The molecule has 1 aliphatic heterocycles. The number of rotatable bonds is 5. The fraction of sp³-hybridized carbons (Fsp3) is 0.318. The summed E-state index contributed by atoms with van der Waals surface area (Å²) < 4.78 is 0. The Morgan fingerprint density at radius 1 is 1.11 bits per heavy atom. The number of amides is 3. The summed E-state index contributed by atoms with van der Waals surface area (Å²) in [6.07, 6.45) is 0.932. The Kier molecular flexibility index (Phi) is 5.78. The standard InChI is InChI=1S/C22H25N3O3/c1-4-16-7-8-18(23-15(3)26)12-20(16)24-22(28)17-11-21(27)25(13-17)19-9-5-14(2)6-10-19/h5-10,12,17H,4,11,13H2,1-3H3,(H,23,26)(H,24,28). The lowest BCUT2D eigenvalue weighted by molar-refractivity contribution is -0.122. The molecule has 1 heterocycles. The third kappa shape index (κ3) is 4.39. The molecule has 0 radical (unpaired) electrons. The number of carbonyl (C=O) groups excluding carboxylic acids is 3. The molecule has 0 aromatic heterocycles. The molecule has 28 heavy (non-hydrogen) atoms. The van der Waals surface area contributed by atoms with Gasteiger partial charge in [0.2, 0.25) is 17.7 Å². The van der Waals surface area contributed by atoms with E-state index < -0.39 is 5.92 Å². The van der Waals surface area contributed by atoms with Crippen molar-refractivity contribution in [1.29, 1.82) is 0 Å². The number of hydrogen-bond donors (Lipinski definition) is 2. The van der Waals surface area contributed by atoms with Gasteiger partial charge in [-0.25, -0.2) is 0 Å². The molecule has 1 fully saturated rings. The second-order valence-corrected chi connectivity index (χ2v) is 7.14. The number of nitrogens with zero attached hydrogens (tertiary/aromatic N) is 1. The van der Waals surface area contributed by atoms with Gasteiger partial charge in [0.1, 0.15) is 0 Å². The van der Waals surface area contributed by atoms with Crippen LogP contribution < -0.4 is 15.5 Å². The van der Waals surface area contributed by atoms with Crippen molar-refractivity contribution in [2.75, 3.05) is 22.1 Å². The zero-order valence-electron chi connectivity index (χ0n) is 16.4. The molecule has 1 atom stereocenters. The fourth-order valence-electron chi connectivity index (χ4n) is 3.37. The number of hydrogen-bond acceptors (Lipinski definition) is 3. The molecular weight excluding hydrogens is 354 g/mol. The van der Waals surface area contributed by atoms with Crippen LogP contribution in [0.1, 0.15) is 31.4 Å². The van der Waals surface area contributed by atoms with E-state index >= 15 is 0 Å². The first kappa shape index (κ1) is 19.6. The molecule has 6 nitrogen and oxygen atoms in total. The van der Waals surface area contributed by atoms with Crippen LogP contribution in [0.15, 0.2) is 42.5 Å². The van der Waals surface area contributed by atoms with E-state index in [1.165, 1.54) is 6.92 Å². The van der Waals surface area contributed by atoms with Gasteiger partial charge in [0.05, 0.1) is 5.92 Å². The largest absolute Gasteiger partial charge is 0.326 e. The minimum absolute atomic E-state index is 0.0493. The maximum absolute atomic E-state index is 12.8. The molecule has 2 N–H and O–H groups in total. The van der Waals surface area contributed by atoms with Crippen LogP contribution in [0.3, 0.4) is 0 Å². The topological polar surface area (TPSA) is 78.5 Å². The van der Waals surface area contributed by atoms with Gasteiger partial charge < -0.3 is 15.5 Å². The van der Waals surface area contributed by atoms with Gasteiger partial charge in [0.15, 0.2) is 0 Å². The van der Waals surface area contributed by atoms with Crippen LogP contribution >= 0.6 is 0 Å². The van der Waals surface area contributed by atoms with Crippen molar-refractivity contribution in [3.8, 4) is 0 Å². The molecule has 0 spiro atoms. The highest BCUT2D eigenvalue weighted by atomic mass is 16.2. The van der Waals surface area contributed by atoms with Gasteiger partial charge in [-0.3, -0.25) is 14.4 Å². The maximum Gasteiger partial charge on any atom is 0.229 e. The van der Waals surface area contributed by atoms with Crippen molar-refractivity contribution in [3.63, 3.8) is 0 Å². The Bertz CT molecular complexity index is 906. The van der Waals surface area contributed by atoms with Crippen LogP contribution in [0.25, 0.3) is 0 Å². The van der Waals surface area contributed by atoms with E-state index in [1.54, 1.807) is 11.0 Å². The van der Waals surface area contributed by atoms with Crippen molar-refractivity contribution >= 4 is 34.8 Å². The molecule has 1 unspecified atom stereocenters. The number of benzene rings is 2. The number of anilines is 3. The highest BCUT2D eigenvalue weighted by Gasteiger charge is 2.35. The van der Waals surface area contributed by atoms with Crippen LogP contribution in [-0.2, 0) is 20.8 Å². The molecule has 3 rings (SSSR count). The molecule has 3 amide bonds. The lowest BCUT2D eigenvalue weighted by Gasteiger charge is -2.18. The maximum atomic E-state index is 12.8. The smallest absolute Gasteiger partial charge is 0.229 e. The Labute approximate surface area is 164 Å². The summed E-state index contributed by atoms with van der Waals surface area (Å²) in [7, 11) is 0. The summed E-state index contributed by atoms with van der Waals surface area (Å²) in [6, 6.07) is 13.2. The Balaban J connectivity index is 1.73. The molecular formula is C22H25N3O3. The molecule has 0 saturated carbocycles. The average Bonchev–Trinajstić information content (AvgIpc) is 3.04. The first-order chi connectivity index (χ1) is 13.4. The molecule has 1 saturated heterocycles. The van der Waals surface area contributed by atoms with E-state index in [2.05, 4.69) is 10.6 Å². The summed E-state index contributed by atoms with van der Waals surface area (Å²) in [6.45, 7) is 5.80. The van der Waals surface area contributed by atoms with Gasteiger partial charge in [-0.1, -0.05) is 30.7 Å². The highest BCUT2D eigenvalue weighted by Crippen LogP contribution is 2.28. The van der Waals surface area contributed by atoms with Crippen molar-refractivity contribution in [1.82, 2.24) is 0 Å². The van der Waals surface area contributed by atoms with E-state index in [0.29, 0.717) is 17.9 Å². The number of carbonyl (C=O) groups is 3. The van der Waals surface area contributed by atoms with Crippen molar-refractivity contribution in [2.24, 2.45) is 5.92 Å². The average molecular weight is 379 g/mol. The molecule has 1 aliphatic rings. The summed E-state index contributed by atoms with van der Waals surface area (Å²) in [5.41, 5.74) is 4.20. The fourth-order valence-corrected chi connectivity index (χ4v) is 3.37. The first-order valence-corrected chi connectivity index (χ1v) is 9.45. The summed E-state index contributed by atoms with van der Waals surface area (Å²) >= 11 is 0. The second-order valence-electron chi connectivity index (χ2n) is 7.14. The Morgan fingerprint density at radius 2 is 1.82 bits per heavy atom. The zero-order chi connectivity index (χ0) is 20.3. The number of nitrogens with one attached hydrogen (secondary N) is 2. The van der Waals surface area contributed by atoms with Gasteiger partial charge in [-0.15, -0.1) is 0 Å². The van der Waals surface area contributed by atoms with Gasteiger partial charge in [-0.2, -0.15) is 0 Å². The van der Waals surface area contributed by atoms with Gasteiger partial charge >= 0.3 is 0 Å². The Morgan fingerprint density at radius 3 is 2.46 bits per heavy atom. The quantitative estimate of drug-likeness (QED) is 0.834.